The second kappa shape index (κ2) is 4.77. The van der Waals surface area contributed by atoms with Crippen molar-refractivity contribution >= 4 is 11.5 Å². The van der Waals surface area contributed by atoms with Crippen molar-refractivity contribution in [2.45, 2.75) is 38.1 Å². The summed E-state index contributed by atoms with van der Waals surface area (Å²) in [6.45, 7) is 2.88. The summed E-state index contributed by atoms with van der Waals surface area (Å²) in [6, 6.07) is 0. The van der Waals surface area contributed by atoms with Gasteiger partial charge in [-0.2, -0.15) is 0 Å². The van der Waals surface area contributed by atoms with Gasteiger partial charge in [0.25, 0.3) is 0 Å². The molecule has 6 heteroatoms. The van der Waals surface area contributed by atoms with E-state index in [-0.39, 0.29) is 5.54 Å². The van der Waals surface area contributed by atoms with Crippen molar-refractivity contribution in [3.8, 4) is 0 Å². The molecule has 2 aromatic heterocycles. The van der Waals surface area contributed by atoms with Crippen molar-refractivity contribution in [3.63, 3.8) is 0 Å². The van der Waals surface area contributed by atoms with Crippen LogP contribution in [0.3, 0.4) is 0 Å². The number of rotatable bonds is 3. The lowest BCUT2D eigenvalue weighted by Gasteiger charge is -2.43. The van der Waals surface area contributed by atoms with Gasteiger partial charge in [-0.1, -0.05) is 19.8 Å². The molecule has 19 heavy (non-hydrogen) atoms. The standard InChI is InChI=1S/C13H20N6/c1-10-4-2-3-5-13(10,8-14)17-11-12-18-16-9-19(12)7-6-15-11/h6-7,9-10H,2-5,8,14H2,1H3,(H,15,17). The molecule has 1 fully saturated rings. The Bertz CT molecular complexity index is 565. The molecule has 1 saturated carbocycles. The van der Waals surface area contributed by atoms with Crippen LogP contribution in [0.25, 0.3) is 5.65 Å². The van der Waals surface area contributed by atoms with Crippen LogP contribution < -0.4 is 11.1 Å². The van der Waals surface area contributed by atoms with Gasteiger partial charge in [-0.05, 0) is 18.8 Å². The molecule has 3 N–H and O–H groups in total. The molecule has 0 aliphatic heterocycles. The Kier molecular flexibility index (Phi) is 3.10. The number of anilines is 1. The van der Waals surface area contributed by atoms with Crippen molar-refractivity contribution in [2.24, 2.45) is 11.7 Å². The van der Waals surface area contributed by atoms with Gasteiger partial charge >= 0.3 is 0 Å². The SMILES string of the molecule is CC1CCCCC1(CN)Nc1nccn2cnnc12. The van der Waals surface area contributed by atoms with Crippen LogP contribution in [-0.2, 0) is 0 Å². The van der Waals surface area contributed by atoms with E-state index in [4.69, 9.17) is 5.73 Å². The summed E-state index contributed by atoms with van der Waals surface area (Å²) >= 11 is 0. The third-order valence-electron chi connectivity index (χ3n) is 4.40. The molecule has 0 amide bonds. The number of fused-ring (bicyclic) bond motifs is 1. The minimum absolute atomic E-state index is 0.0704. The Hall–Kier alpha value is -1.69. The van der Waals surface area contributed by atoms with Gasteiger partial charge in [-0.15, -0.1) is 10.2 Å². The first-order valence-electron chi connectivity index (χ1n) is 6.88. The van der Waals surface area contributed by atoms with Crippen LogP contribution in [0, 0.1) is 5.92 Å². The zero-order chi connectivity index (χ0) is 13.3. The molecule has 102 valence electrons. The van der Waals surface area contributed by atoms with Gasteiger partial charge in [0.05, 0.1) is 5.54 Å². The molecule has 2 aromatic rings. The van der Waals surface area contributed by atoms with Crippen molar-refractivity contribution in [2.75, 3.05) is 11.9 Å². The number of hydrogen-bond acceptors (Lipinski definition) is 5. The van der Waals surface area contributed by atoms with Crippen molar-refractivity contribution in [1.29, 1.82) is 0 Å². The molecule has 2 unspecified atom stereocenters. The molecule has 0 saturated heterocycles. The van der Waals surface area contributed by atoms with E-state index >= 15 is 0 Å². The lowest BCUT2D eigenvalue weighted by molar-refractivity contribution is 0.235. The van der Waals surface area contributed by atoms with Gasteiger partial charge in [-0.3, -0.25) is 4.40 Å². The summed E-state index contributed by atoms with van der Waals surface area (Å²) in [5.41, 5.74) is 6.75. The Balaban J connectivity index is 1.96. The average Bonchev–Trinajstić information content (AvgIpc) is 2.91. The predicted octanol–water partition coefficient (Wildman–Crippen LogP) is 1.44. The third-order valence-corrected chi connectivity index (χ3v) is 4.40. The molecule has 0 radical (unpaired) electrons. The maximum Gasteiger partial charge on any atom is 0.203 e. The van der Waals surface area contributed by atoms with E-state index in [0.717, 1.165) is 17.9 Å². The normalized spacial score (nSPS) is 27.6. The van der Waals surface area contributed by atoms with Crippen LogP contribution in [0.5, 0.6) is 0 Å². The highest BCUT2D eigenvalue weighted by Crippen LogP contribution is 2.35. The molecule has 2 atom stereocenters. The van der Waals surface area contributed by atoms with Crippen LogP contribution in [0.2, 0.25) is 0 Å². The summed E-state index contributed by atoms with van der Waals surface area (Å²) in [5, 5.41) is 11.6. The molecule has 2 heterocycles. The molecule has 0 spiro atoms. The Morgan fingerprint density at radius 3 is 3.21 bits per heavy atom. The first kappa shape index (κ1) is 12.3. The van der Waals surface area contributed by atoms with Crippen molar-refractivity contribution < 1.29 is 0 Å². The van der Waals surface area contributed by atoms with Gasteiger partial charge in [0.2, 0.25) is 5.65 Å². The van der Waals surface area contributed by atoms with Gasteiger partial charge in [0.1, 0.15) is 6.33 Å². The second-order valence-corrected chi connectivity index (χ2v) is 5.47. The first-order valence-corrected chi connectivity index (χ1v) is 6.88. The van der Waals surface area contributed by atoms with Crippen molar-refractivity contribution in [3.05, 3.63) is 18.7 Å². The Morgan fingerprint density at radius 2 is 2.42 bits per heavy atom. The average molecular weight is 260 g/mol. The van der Waals surface area contributed by atoms with Crippen LogP contribution >= 0.6 is 0 Å². The second-order valence-electron chi connectivity index (χ2n) is 5.47. The molecule has 3 rings (SSSR count). The number of nitrogens with one attached hydrogen (secondary N) is 1. The number of nitrogens with zero attached hydrogens (tertiary/aromatic N) is 4. The fraction of sp³-hybridized carbons (Fsp3) is 0.615. The topological polar surface area (TPSA) is 81.1 Å². The smallest absolute Gasteiger partial charge is 0.203 e. The fourth-order valence-corrected chi connectivity index (χ4v) is 3.04. The molecule has 1 aliphatic carbocycles. The molecule has 0 bridgehead atoms. The summed E-state index contributed by atoms with van der Waals surface area (Å²) in [5.74, 6) is 1.32. The van der Waals surface area contributed by atoms with Crippen LogP contribution in [0.1, 0.15) is 32.6 Å². The summed E-state index contributed by atoms with van der Waals surface area (Å²) in [7, 11) is 0. The first-order chi connectivity index (χ1) is 9.25. The summed E-state index contributed by atoms with van der Waals surface area (Å²) in [6.07, 6.45) is 10.1. The van der Waals surface area contributed by atoms with E-state index in [1.54, 1.807) is 12.5 Å². The van der Waals surface area contributed by atoms with E-state index in [1.807, 2.05) is 10.6 Å². The zero-order valence-electron chi connectivity index (χ0n) is 11.2. The molecule has 1 aliphatic rings. The maximum absolute atomic E-state index is 6.06. The lowest BCUT2D eigenvalue weighted by Crippen LogP contribution is -2.52. The molecular weight excluding hydrogens is 240 g/mol. The lowest BCUT2D eigenvalue weighted by atomic mass is 9.73. The largest absolute Gasteiger partial charge is 0.360 e. The van der Waals surface area contributed by atoms with Gasteiger partial charge in [-0.25, -0.2) is 4.98 Å². The molecular formula is C13H20N6. The molecule has 0 aromatic carbocycles. The van der Waals surface area contributed by atoms with Gasteiger partial charge in [0.15, 0.2) is 5.82 Å². The van der Waals surface area contributed by atoms with E-state index in [0.29, 0.717) is 12.5 Å². The van der Waals surface area contributed by atoms with Crippen molar-refractivity contribution in [1.82, 2.24) is 19.6 Å². The quantitative estimate of drug-likeness (QED) is 0.873. The Labute approximate surface area is 112 Å². The highest BCUT2D eigenvalue weighted by Gasteiger charge is 2.37. The minimum Gasteiger partial charge on any atom is -0.360 e. The number of aromatic nitrogens is 4. The van der Waals surface area contributed by atoms with E-state index in [1.165, 1.54) is 19.3 Å². The zero-order valence-corrected chi connectivity index (χ0v) is 11.2. The van der Waals surface area contributed by atoms with E-state index in [9.17, 15) is 0 Å². The molecule has 6 nitrogen and oxygen atoms in total. The number of nitrogens with two attached hydrogens (primary N) is 1. The van der Waals surface area contributed by atoms with Crippen LogP contribution in [0.15, 0.2) is 18.7 Å². The van der Waals surface area contributed by atoms with Crippen LogP contribution in [0.4, 0.5) is 5.82 Å². The van der Waals surface area contributed by atoms with Gasteiger partial charge in [0, 0.05) is 18.9 Å². The number of hydrogen-bond donors (Lipinski definition) is 2. The van der Waals surface area contributed by atoms with E-state index in [2.05, 4.69) is 27.4 Å². The monoisotopic (exact) mass is 260 g/mol. The highest BCUT2D eigenvalue weighted by atomic mass is 15.3. The summed E-state index contributed by atoms with van der Waals surface area (Å²) < 4.78 is 1.87. The van der Waals surface area contributed by atoms with E-state index < -0.39 is 0 Å². The minimum atomic E-state index is -0.0704. The highest BCUT2D eigenvalue weighted by molar-refractivity contribution is 5.62. The Morgan fingerprint density at radius 1 is 1.53 bits per heavy atom. The fourth-order valence-electron chi connectivity index (χ4n) is 3.04. The summed E-state index contributed by atoms with van der Waals surface area (Å²) in [4.78, 5) is 4.41. The maximum atomic E-state index is 6.06. The predicted molar refractivity (Wildman–Crippen MR) is 73.8 cm³/mol. The third kappa shape index (κ3) is 2.06. The van der Waals surface area contributed by atoms with Crippen LogP contribution in [-0.4, -0.2) is 31.7 Å². The van der Waals surface area contributed by atoms with Gasteiger partial charge < -0.3 is 11.1 Å².